The molecule has 0 amide bonds. The Morgan fingerprint density at radius 3 is 2.62 bits per heavy atom. The van der Waals surface area contributed by atoms with Gasteiger partial charge in [-0.2, -0.15) is 0 Å². The van der Waals surface area contributed by atoms with Gasteiger partial charge < -0.3 is 0 Å². The van der Waals surface area contributed by atoms with Crippen molar-refractivity contribution in [2.45, 2.75) is 5.25 Å². The third-order valence-corrected chi connectivity index (χ3v) is 6.08. The molecule has 128 valence electrons. The van der Waals surface area contributed by atoms with Crippen LogP contribution in [0.4, 0.5) is 5.13 Å². The number of thiazole rings is 1. The Hall–Kier alpha value is -1.39. The molecule has 7 nitrogen and oxygen atoms in total. The molecule has 0 bridgehead atoms. The van der Waals surface area contributed by atoms with E-state index in [9.17, 15) is 13.2 Å². The summed E-state index contributed by atoms with van der Waals surface area (Å²) in [6.45, 7) is 0. The van der Waals surface area contributed by atoms with Gasteiger partial charge in [-0.1, -0.05) is 23.2 Å². The number of sulfonamides is 1. The molecule has 1 unspecified atom stereocenters. The first-order chi connectivity index (χ1) is 11.2. The van der Waals surface area contributed by atoms with Gasteiger partial charge in [0, 0.05) is 31.9 Å². The maximum Gasteiger partial charge on any atom is 0.229 e. The highest BCUT2D eigenvalue weighted by molar-refractivity contribution is 7.91. The van der Waals surface area contributed by atoms with Crippen LogP contribution < -0.4 is 0 Å². The number of nitrogens with zero attached hydrogens (tertiary/aromatic N) is 4. The zero-order chi connectivity index (χ0) is 17.9. The molecule has 0 aliphatic carbocycles. The molecular formula is C13H12Cl2N4O3S2. The molecule has 24 heavy (non-hydrogen) atoms. The second-order valence-electron chi connectivity index (χ2n) is 4.68. The summed E-state index contributed by atoms with van der Waals surface area (Å²) in [4.78, 5) is 24.4. The van der Waals surface area contributed by atoms with E-state index in [2.05, 4.69) is 15.0 Å². The van der Waals surface area contributed by atoms with E-state index < -0.39 is 21.1 Å². The average Bonchev–Trinajstić information content (AvgIpc) is 3.00. The SMILES string of the molecule is CN(C)S(=O)(=O)C(C=Nc1nccs1)C(=O)c1ccc(Cl)nc1Cl. The van der Waals surface area contributed by atoms with E-state index in [1.807, 2.05) is 0 Å². The van der Waals surface area contributed by atoms with Crippen molar-refractivity contribution in [3.05, 3.63) is 39.6 Å². The second-order valence-corrected chi connectivity index (χ2v) is 8.56. The summed E-state index contributed by atoms with van der Waals surface area (Å²) in [5.74, 6) is -0.752. The van der Waals surface area contributed by atoms with Crippen molar-refractivity contribution in [3.63, 3.8) is 0 Å². The Morgan fingerprint density at radius 2 is 2.08 bits per heavy atom. The molecule has 2 heterocycles. The van der Waals surface area contributed by atoms with Gasteiger partial charge in [0.1, 0.15) is 10.3 Å². The number of rotatable bonds is 6. The van der Waals surface area contributed by atoms with E-state index in [0.717, 1.165) is 10.5 Å². The molecular weight excluding hydrogens is 395 g/mol. The first-order valence-corrected chi connectivity index (χ1v) is 9.58. The predicted octanol–water partition coefficient (Wildman–Crippen LogP) is 2.69. The lowest BCUT2D eigenvalue weighted by molar-refractivity contribution is 0.100. The Labute approximate surface area is 153 Å². The van der Waals surface area contributed by atoms with Crippen LogP contribution in [0.5, 0.6) is 0 Å². The van der Waals surface area contributed by atoms with Crippen LogP contribution in [0, 0.1) is 0 Å². The van der Waals surface area contributed by atoms with E-state index in [1.54, 1.807) is 5.38 Å². The van der Waals surface area contributed by atoms with Crippen molar-refractivity contribution in [2.75, 3.05) is 14.1 Å². The molecule has 0 fully saturated rings. The summed E-state index contributed by atoms with van der Waals surface area (Å²) in [7, 11) is -1.32. The number of ketones is 1. The van der Waals surface area contributed by atoms with Crippen LogP contribution in [0.25, 0.3) is 0 Å². The first kappa shape index (κ1) is 18.9. The van der Waals surface area contributed by atoms with Crippen molar-refractivity contribution in [1.29, 1.82) is 0 Å². The number of aromatic nitrogens is 2. The van der Waals surface area contributed by atoms with E-state index >= 15 is 0 Å². The fourth-order valence-corrected chi connectivity index (χ4v) is 3.66. The topological polar surface area (TPSA) is 92.6 Å². The predicted molar refractivity (Wildman–Crippen MR) is 95.2 cm³/mol. The van der Waals surface area contributed by atoms with Gasteiger partial charge >= 0.3 is 0 Å². The summed E-state index contributed by atoms with van der Waals surface area (Å²) in [5.41, 5.74) is -0.0536. The standard InChI is InChI=1S/C13H12Cl2N4O3S2/c1-19(2)24(21,22)9(7-17-13-16-5-6-23-13)11(20)8-3-4-10(14)18-12(8)15/h3-7,9H,1-2H3. The average molecular weight is 407 g/mol. The summed E-state index contributed by atoms with van der Waals surface area (Å²) in [6, 6.07) is 2.69. The molecule has 11 heteroatoms. The van der Waals surface area contributed by atoms with E-state index in [1.165, 1.54) is 43.8 Å². The molecule has 0 aromatic carbocycles. The second kappa shape index (κ2) is 7.66. The molecule has 0 saturated carbocycles. The molecule has 0 N–H and O–H groups in total. The van der Waals surface area contributed by atoms with Gasteiger partial charge in [0.15, 0.2) is 11.0 Å². The molecule has 2 aromatic rings. The largest absolute Gasteiger partial charge is 0.292 e. The monoisotopic (exact) mass is 406 g/mol. The molecule has 0 saturated heterocycles. The number of Topliss-reactive ketones (excluding diaryl/α,β-unsaturated/α-hetero) is 1. The summed E-state index contributed by atoms with van der Waals surface area (Å²) < 4.78 is 25.9. The molecule has 0 radical (unpaired) electrons. The Bertz CT molecular complexity index is 867. The minimum atomic E-state index is -3.97. The number of halogens is 2. The lowest BCUT2D eigenvalue weighted by Crippen LogP contribution is -2.40. The zero-order valence-corrected chi connectivity index (χ0v) is 15.7. The van der Waals surface area contributed by atoms with Gasteiger partial charge in [-0.3, -0.25) is 4.79 Å². The third kappa shape index (κ3) is 4.17. The zero-order valence-electron chi connectivity index (χ0n) is 12.6. The molecule has 2 rings (SSSR count). The van der Waals surface area contributed by atoms with Crippen LogP contribution in [0.15, 0.2) is 28.7 Å². The van der Waals surface area contributed by atoms with Gasteiger partial charge in [0.05, 0.1) is 5.56 Å². The summed E-state index contributed by atoms with van der Waals surface area (Å²) in [6.07, 6.45) is 2.57. The highest BCUT2D eigenvalue weighted by Gasteiger charge is 2.35. The number of hydrogen-bond donors (Lipinski definition) is 0. The number of hydrogen-bond acceptors (Lipinski definition) is 7. The van der Waals surface area contributed by atoms with E-state index in [0.29, 0.717) is 5.13 Å². The molecule has 0 aliphatic heterocycles. The number of carbonyl (C=O) groups is 1. The molecule has 0 aliphatic rings. The Morgan fingerprint density at radius 1 is 1.38 bits per heavy atom. The van der Waals surface area contributed by atoms with E-state index in [-0.39, 0.29) is 15.9 Å². The fourth-order valence-electron chi connectivity index (χ4n) is 1.67. The fraction of sp³-hybridized carbons (Fsp3) is 0.231. The highest BCUT2D eigenvalue weighted by Crippen LogP contribution is 2.22. The van der Waals surface area contributed by atoms with Crippen LogP contribution >= 0.6 is 34.5 Å². The number of pyridine rings is 1. The maximum atomic E-state index is 12.7. The normalized spacial score (nSPS) is 13.5. The first-order valence-electron chi connectivity index (χ1n) is 6.44. The van der Waals surface area contributed by atoms with Gasteiger partial charge in [-0.25, -0.2) is 27.7 Å². The van der Waals surface area contributed by atoms with Crippen molar-refractivity contribution in [3.8, 4) is 0 Å². The quantitative estimate of drug-likeness (QED) is 0.417. The minimum Gasteiger partial charge on any atom is -0.292 e. The summed E-state index contributed by atoms with van der Waals surface area (Å²) >= 11 is 12.8. The lowest BCUT2D eigenvalue weighted by Gasteiger charge is -2.17. The Balaban J connectivity index is 2.47. The minimum absolute atomic E-state index is 0.0536. The number of aliphatic imine (C=N–C) groups is 1. The molecule has 1 atom stereocenters. The smallest absolute Gasteiger partial charge is 0.229 e. The van der Waals surface area contributed by atoms with Gasteiger partial charge in [0.2, 0.25) is 15.2 Å². The number of carbonyl (C=O) groups excluding carboxylic acids is 1. The maximum absolute atomic E-state index is 12.7. The van der Waals surface area contributed by atoms with Crippen LogP contribution in [-0.2, 0) is 10.0 Å². The molecule has 2 aromatic heterocycles. The van der Waals surface area contributed by atoms with E-state index in [4.69, 9.17) is 23.2 Å². The summed E-state index contributed by atoms with van der Waals surface area (Å²) in [5, 5.41) is 0.386. The van der Waals surface area contributed by atoms with Crippen LogP contribution in [0.2, 0.25) is 10.3 Å². The molecule has 0 spiro atoms. The Kier molecular flexibility index (Phi) is 6.05. The van der Waals surface area contributed by atoms with Crippen molar-refractivity contribution in [2.24, 2.45) is 4.99 Å². The van der Waals surface area contributed by atoms with Crippen LogP contribution in [0.1, 0.15) is 10.4 Å². The van der Waals surface area contributed by atoms with Crippen LogP contribution in [0.3, 0.4) is 0 Å². The van der Waals surface area contributed by atoms with Crippen molar-refractivity contribution in [1.82, 2.24) is 14.3 Å². The van der Waals surface area contributed by atoms with Crippen molar-refractivity contribution >= 4 is 61.7 Å². The van der Waals surface area contributed by atoms with Crippen molar-refractivity contribution < 1.29 is 13.2 Å². The van der Waals surface area contributed by atoms with Gasteiger partial charge in [-0.05, 0) is 12.1 Å². The van der Waals surface area contributed by atoms with Gasteiger partial charge in [0.25, 0.3) is 0 Å². The van der Waals surface area contributed by atoms with Crippen LogP contribution in [-0.4, -0.2) is 54.0 Å². The van der Waals surface area contributed by atoms with Gasteiger partial charge in [-0.15, -0.1) is 11.3 Å². The highest BCUT2D eigenvalue weighted by atomic mass is 35.5. The third-order valence-electron chi connectivity index (χ3n) is 2.91. The lowest BCUT2D eigenvalue weighted by atomic mass is 10.1.